The molecule has 2 aromatic rings. The quantitative estimate of drug-likeness (QED) is 0.917. The molecule has 0 saturated heterocycles. The van der Waals surface area contributed by atoms with Crippen molar-refractivity contribution in [2.24, 2.45) is 0 Å². The second kappa shape index (κ2) is 4.72. The summed E-state index contributed by atoms with van der Waals surface area (Å²) in [6, 6.07) is 7.99. The lowest BCUT2D eigenvalue weighted by molar-refractivity contribution is 0.0693. The van der Waals surface area contributed by atoms with Gasteiger partial charge in [-0.15, -0.1) is 0 Å². The molecule has 4 nitrogen and oxygen atoms in total. The first-order valence-corrected chi connectivity index (χ1v) is 7.21. The Morgan fingerprint density at radius 3 is 2.33 bits per heavy atom. The maximum atomic E-state index is 11.6. The smallest absolute Gasteiger partial charge is 0.341 e. The zero-order valence-electron chi connectivity index (χ0n) is 12.5. The molecule has 110 valence electrons. The van der Waals surface area contributed by atoms with Crippen LogP contribution in [-0.2, 0) is 5.41 Å². The van der Waals surface area contributed by atoms with E-state index in [1.165, 1.54) is 18.4 Å². The van der Waals surface area contributed by atoms with Crippen molar-refractivity contribution in [2.75, 3.05) is 0 Å². The van der Waals surface area contributed by atoms with Crippen molar-refractivity contribution in [3.63, 3.8) is 0 Å². The maximum absolute atomic E-state index is 11.6. The van der Waals surface area contributed by atoms with Crippen molar-refractivity contribution in [1.29, 1.82) is 0 Å². The van der Waals surface area contributed by atoms with Crippen LogP contribution in [0.2, 0.25) is 0 Å². The predicted octanol–water partition coefficient (Wildman–Crippen LogP) is 4.21. The molecule has 0 radical (unpaired) electrons. The zero-order chi connectivity index (χ0) is 15.2. The fourth-order valence-corrected chi connectivity index (χ4v) is 2.53. The average Bonchev–Trinajstić information content (AvgIpc) is 3.15. The molecule has 0 bridgehead atoms. The predicted molar refractivity (Wildman–Crippen MR) is 79.6 cm³/mol. The van der Waals surface area contributed by atoms with E-state index in [0.29, 0.717) is 17.4 Å². The van der Waals surface area contributed by atoms with Gasteiger partial charge in [-0.3, -0.25) is 0 Å². The van der Waals surface area contributed by atoms with Gasteiger partial charge in [0, 0.05) is 11.0 Å². The van der Waals surface area contributed by atoms with Crippen molar-refractivity contribution in [3.8, 4) is 11.3 Å². The summed E-state index contributed by atoms with van der Waals surface area (Å²) in [5.41, 5.74) is 2.29. The molecule has 0 unspecified atom stereocenters. The third-order valence-electron chi connectivity index (χ3n) is 3.82. The molecule has 21 heavy (non-hydrogen) atoms. The zero-order valence-corrected chi connectivity index (χ0v) is 12.5. The second-order valence-electron chi connectivity index (χ2n) is 6.69. The molecule has 0 atom stereocenters. The summed E-state index contributed by atoms with van der Waals surface area (Å²) in [5.74, 6) is 0.0964. The molecule has 0 spiro atoms. The number of hydrogen-bond donors (Lipinski definition) is 1. The first-order valence-electron chi connectivity index (χ1n) is 7.21. The Bertz CT molecular complexity index is 673. The van der Waals surface area contributed by atoms with E-state index < -0.39 is 11.4 Å². The molecule has 0 amide bonds. The molecule has 1 saturated carbocycles. The standard InChI is InChI=1S/C17H19NO3/c1-17(2,3)15-13(16(19)20)14(18-21-15)12-8-6-11(7-9-12)10-4-5-10/h6-10H,4-5H2,1-3H3,(H,19,20). The highest BCUT2D eigenvalue weighted by Gasteiger charge is 2.31. The Balaban J connectivity index is 2.05. The molecule has 3 rings (SSSR count). The summed E-state index contributed by atoms with van der Waals surface area (Å²) in [6.45, 7) is 5.75. The maximum Gasteiger partial charge on any atom is 0.341 e. The summed E-state index contributed by atoms with van der Waals surface area (Å²) in [7, 11) is 0. The van der Waals surface area contributed by atoms with Crippen molar-refractivity contribution in [1.82, 2.24) is 5.16 Å². The third-order valence-corrected chi connectivity index (χ3v) is 3.82. The molecule has 1 N–H and O–H groups in total. The number of nitrogens with zero attached hydrogens (tertiary/aromatic N) is 1. The van der Waals surface area contributed by atoms with Gasteiger partial charge in [-0.05, 0) is 24.3 Å². The summed E-state index contributed by atoms with van der Waals surface area (Å²) in [5, 5.41) is 13.5. The van der Waals surface area contributed by atoms with Crippen molar-refractivity contribution >= 4 is 5.97 Å². The molecule has 1 aromatic heterocycles. The van der Waals surface area contributed by atoms with Crippen LogP contribution >= 0.6 is 0 Å². The van der Waals surface area contributed by atoms with E-state index in [2.05, 4.69) is 17.3 Å². The number of carbonyl (C=O) groups is 1. The van der Waals surface area contributed by atoms with Crippen LogP contribution in [0.3, 0.4) is 0 Å². The van der Waals surface area contributed by atoms with Gasteiger partial charge >= 0.3 is 5.97 Å². The summed E-state index contributed by atoms with van der Waals surface area (Å²) < 4.78 is 5.34. The summed E-state index contributed by atoms with van der Waals surface area (Å²) >= 11 is 0. The lowest BCUT2D eigenvalue weighted by atomic mass is 9.88. The Labute approximate surface area is 123 Å². The number of carboxylic acids is 1. The minimum Gasteiger partial charge on any atom is -0.477 e. The highest BCUT2D eigenvalue weighted by molar-refractivity contribution is 5.96. The molecule has 0 aliphatic heterocycles. The van der Waals surface area contributed by atoms with E-state index in [0.717, 1.165) is 5.56 Å². The fraction of sp³-hybridized carbons (Fsp3) is 0.412. The highest BCUT2D eigenvalue weighted by Crippen LogP contribution is 2.41. The largest absolute Gasteiger partial charge is 0.477 e. The highest BCUT2D eigenvalue weighted by atomic mass is 16.5. The van der Waals surface area contributed by atoms with E-state index in [1.807, 2.05) is 32.9 Å². The first-order chi connectivity index (χ1) is 9.88. The topological polar surface area (TPSA) is 63.3 Å². The van der Waals surface area contributed by atoms with Gasteiger partial charge in [0.1, 0.15) is 11.3 Å². The number of aromatic carboxylic acids is 1. The Kier molecular flexibility index (Phi) is 3.12. The summed E-state index contributed by atoms with van der Waals surface area (Å²) in [4.78, 5) is 11.6. The monoisotopic (exact) mass is 285 g/mol. The molecule has 4 heteroatoms. The Morgan fingerprint density at radius 2 is 1.86 bits per heavy atom. The van der Waals surface area contributed by atoms with Gasteiger partial charge in [-0.2, -0.15) is 0 Å². The van der Waals surface area contributed by atoms with Crippen LogP contribution < -0.4 is 0 Å². The van der Waals surface area contributed by atoms with Gasteiger partial charge in [-0.25, -0.2) is 4.79 Å². The van der Waals surface area contributed by atoms with Crippen LogP contribution in [0, 0.1) is 0 Å². The number of rotatable bonds is 3. The van der Waals surface area contributed by atoms with E-state index in [-0.39, 0.29) is 5.56 Å². The third kappa shape index (κ3) is 2.58. The number of hydrogen-bond acceptors (Lipinski definition) is 3. The van der Waals surface area contributed by atoms with Crippen LogP contribution in [0.1, 0.15) is 61.2 Å². The van der Waals surface area contributed by atoms with Gasteiger partial charge in [0.2, 0.25) is 0 Å². The minimum atomic E-state index is -0.998. The van der Waals surface area contributed by atoms with Gasteiger partial charge in [0.25, 0.3) is 0 Å². The van der Waals surface area contributed by atoms with Crippen LogP contribution in [0.5, 0.6) is 0 Å². The van der Waals surface area contributed by atoms with Gasteiger partial charge in [-0.1, -0.05) is 50.2 Å². The summed E-state index contributed by atoms with van der Waals surface area (Å²) in [6.07, 6.45) is 2.50. The number of carboxylic acid groups (broad SMARTS) is 1. The number of aromatic nitrogens is 1. The average molecular weight is 285 g/mol. The van der Waals surface area contributed by atoms with E-state index >= 15 is 0 Å². The van der Waals surface area contributed by atoms with E-state index in [4.69, 9.17) is 4.52 Å². The van der Waals surface area contributed by atoms with E-state index in [9.17, 15) is 9.90 Å². The minimum absolute atomic E-state index is 0.168. The molecule has 1 aliphatic rings. The Hall–Kier alpha value is -2.10. The van der Waals surface area contributed by atoms with Crippen molar-refractivity contribution in [2.45, 2.75) is 44.9 Å². The SMILES string of the molecule is CC(C)(C)c1onc(-c2ccc(C3CC3)cc2)c1C(=O)O. The molecular formula is C17H19NO3. The van der Waals surface area contributed by atoms with Gasteiger partial charge in [0.15, 0.2) is 5.76 Å². The van der Waals surface area contributed by atoms with Gasteiger partial charge < -0.3 is 9.63 Å². The lowest BCUT2D eigenvalue weighted by Crippen LogP contribution is -2.15. The van der Waals surface area contributed by atoms with Crippen LogP contribution in [0.4, 0.5) is 0 Å². The Morgan fingerprint density at radius 1 is 1.24 bits per heavy atom. The normalized spacial score (nSPS) is 15.2. The molecule has 1 aliphatic carbocycles. The lowest BCUT2D eigenvalue weighted by Gasteiger charge is -2.14. The molecular weight excluding hydrogens is 266 g/mol. The number of benzene rings is 1. The van der Waals surface area contributed by atoms with Crippen LogP contribution in [0.15, 0.2) is 28.8 Å². The fourth-order valence-electron chi connectivity index (χ4n) is 2.53. The molecule has 1 aromatic carbocycles. The van der Waals surface area contributed by atoms with Crippen molar-refractivity contribution in [3.05, 3.63) is 41.2 Å². The van der Waals surface area contributed by atoms with Crippen molar-refractivity contribution < 1.29 is 14.4 Å². The molecule has 1 heterocycles. The van der Waals surface area contributed by atoms with Gasteiger partial charge in [0.05, 0.1) is 0 Å². The van der Waals surface area contributed by atoms with Crippen LogP contribution in [-0.4, -0.2) is 16.2 Å². The van der Waals surface area contributed by atoms with E-state index in [1.54, 1.807) is 0 Å². The molecule has 1 fully saturated rings. The second-order valence-corrected chi connectivity index (χ2v) is 6.69. The first kappa shape index (κ1) is 13.9. The van der Waals surface area contributed by atoms with Crippen LogP contribution in [0.25, 0.3) is 11.3 Å².